The SMILES string of the molecule is N#CC1C=C(C2NC(c3ccc4sc5c(c4c3)=CCCC=5)NC(C3CC=CCC3)N2)C(N2C3C=CC=CC3C3C4C(CCC32)SC2CCCCC24)=CC1N1C2=C(C=CCC2)C2C3=C(CCC21)SC1C=CCCC31. The number of nitrogens with zero attached hydrogens (tertiary/aromatic N) is 3. The van der Waals surface area contributed by atoms with Crippen molar-refractivity contribution in [2.45, 2.75) is 168 Å². The molecule has 1 aromatic heterocycles. The second kappa shape index (κ2) is 18.2. The zero-order valence-corrected chi connectivity index (χ0v) is 44.7. The van der Waals surface area contributed by atoms with E-state index in [4.69, 9.17) is 0 Å². The molecule has 9 heteroatoms. The summed E-state index contributed by atoms with van der Waals surface area (Å²) in [5, 5.41) is 29.7. The molecule has 18 atom stereocenters. The molecule has 0 radical (unpaired) electrons. The number of benzene rings is 1. The van der Waals surface area contributed by atoms with E-state index in [0.717, 1.165) is 60.9 Å². The molecule has 6 heterocycles. The number of rotatable bonds is 5. The van der Waals surface area contributed by atoms with Crippen LogP contribution in [0, 0.1) is 58.7 Å². The van der Waals surface area contributed by atoms with Crippen molar-refractivity contribution >= 4 is 57.1 Å². The maximum absolute atomic E-state index is 11.8. The van der Waals surface area contributed by atoms with E-state index in [1.807, 2.05) is 11.3 Å². The van der Waals surface area contributed by atoms with Crippen LogP contribution in [0.2, 0.25) is 0 Å². The third-order valence-corrected chi connectivity index (χ3v) is 25.5. The van der Waals surface area contributed by atoms with Crippen LogP contribution >= 0.6 is 34.9 Å². The standard InChI is InChI=1S/C64H72N6S3/c65-35-38-33-45(64-67-62(36-14-2-1-3-15-36)66-63(68-64)37-26-29-55-44(32-37)39-16-6-11-23-52(39)71-55)51(70-47-22-10-5-18-41(47)59-49(70)28-31-57-61(59)43-20-8-13-25-54(43)73-57)34-50(38)69-46-21-9-4-17-40(46)58-48(69)27-30-56-60(58)42-19-7-12-24-53(42)72-56/h1-2,4-5,10,12,16-18,22-24,26,29,32-34,36,38,41-43,47-50,53-54,57-59,61-64,66-68H,3,6-9,11,13-15,19-21,25,27-28,30-31H2. The van der Waals surface area contributed by atoms with Crippen LogP contribution in [0.5, 0.6) is 0 Å². The van der Waals surface area contributed by atoms with Crippen LogP contribution in [0.1, 0.15) is 121 Å². The van der Waals surface area contributed by atoms with Gasteiger partial charge in [-0.1, -0.05) is 97.9 Å². The summed E-state index contributed by atoms with van der Waals surface area (Å²) in [5.74, 6) is 4.09. The van der Waals surface area contributed by atoms with Crippen molar-refractivity contribution in [2.75, 3.05) is 0 Å². The van der Waals surface area contributed by atoms with Gasteiger partial charge < -0.3 is 9.80 Å². The Kier molecular flexibility index (Phi) is 11.3. The molecule has 14 aliphatic rings. The highest BCUT2D eigenvalue weighted by molar-refractivity contribution is 8.04. The van der Waals surface area contributed by atoms with E-state index in [2.05, 4.69) is 159 Å². The van der Waals surface area contributed by atoms with Gasteiger partial charge in [0.2, 0.25) is 0 Å². The highest BCUT2D eigenvalue weighted by Gasteiger charge is 2.61. The fraction of sp³-hybridized carbons (Fsp3) is 0.547. The van der Waals surface area contributed by atoms with E-state index in [0.29, 0.717) is 53.0 Å². The predicted octanol–water partition coefficient (Wildman–Crippen LogP) is 11.9. The molecule has 2 saturated carbocycles. The summed E-state index contributed by atoms with van der Waals surface area (Å²) in [6.45, 7) is 0. The van der Waals surface area contributed by atoms with Gasteiger partial charge in [-0.2, -0.15) is 17.0 Å². The first kappa shape index (κ1) is 45.4. The lowest BCUT2D eigenvalue weighted by molar-refractivity contribution is 0.104. The molecular weight excluding hydrogens is 949 g/mol. The number of thiophene rings is 1. The van der Waals surface area contributed by atoms with Crippen LogP contribution < -0.4 is 25.7 Å². The third-order valence-electron chi connectivity index (χ3n) is 21.0. The van der Waals surface area contributed by atoms with Gasteiger partial charge in [0.15, 0.2) is 0 Å². The van der Waals surface area contributed by atoms with Crippen LogP contribution in [-0.2, 0) is 0 Å². The van der Waals surface area contributed by atoms with Gasteiger partial charge in [-0.25, -0.2) is 0 Å². The Bertz CT molecular complexity index is 3080. The summed E-state index contributed by atoms with van der Waals surface area (Å²) < 4.78 is 2.82. The smallest absolute Gasteiger partial charge is 0.0891 e. The fourth-order valence-corrected chi connectivity index (χ4v) is 23.0. The maximum atomic E-state index is 11.8. The van der Waals surface area contributed by atoms with Crippen molar-refractivity contribution in [2.24, 2.45) is 47.3 Å². The van der Waals surface area contributed by atoms with Gasteiger partial charge in [-0.3, -0.25) is 16.0 Å². The van der Waals surface area contributed by atoms with E-state index in [1.54, 1.807) is 21.7 Å². The Morgan fingerprint density at radius 2 is 1.64 bits per heavy atom. The monoisotopic (exact) mass is 1020 g/mol. The molecule has 3 N–H and O–H groups in total. The van der Waals surface area contributed by atoms with Gasteiger partial charge >= 0.3 is 0 Å². The Labute approximate surface area is 445 Å². The van der Waals surface area contributed by atoms with E-state index in [9.17, 15) is 5.26 Å². The Hall–Kier alpha value is -3.75. The third kappa shape index (κ3) is 7.18. The summed E-state index contributed by atoms with van der Waals surface area (Å²) in [7, 11) is 0. The summed E-state index contributed by atoms with van der Waals surface area (Å²) in [6.07, 6.45) is 55.9. The molecule has 9 aliphatic carbocycles. The number of allylic oxidation sites excluding steroid dienone is 9. The number of nitrogens with one attached hydrogen (secondary N) is 3. The molecule has 0 bridgehead atoms. The molecule has 0 amide bonds. The molecule has 6 nitrogen and oxygen atoms in total. The molecule has 3 saturated heterocycles. The molecule has 73 heavy (non-hydrogen) atoms. The fourth-order valence-electron chi connectivity index (χ4n) is 18.2. The number of hydrogen-bond donors (Lipinski definition) is 3. The molecule has 16 rings (SSSR count). The van der Waals surface area contributed by atoms with Gasteiger partial charge in [0.1, 0.15) is 0 Å². The topological polar surface area (TPSA) is 66.4 Å². The van der Waals surface area contributed by atoms with Crippen LogP contribution in [0.4, 0.5) is 0 Å². The van der Waals surface area contributed by atoms with Crippen molar-refractivity contribution in [3.8, 4) is 6.07 Å². The minimum atomic E-state index is -0.273. The predicted molar refractivity (Wildman–Crippen MR) is 303 cm³/mol. The Morgan fingerprint density at radius 1 is 0.726 bits per heavy atom. The van der Waals surface area contributed by atoms with Gasteiger partial charge in [0, 0.05) is 71.3 Å². The summed E-state index contributed by atoms with van der Waals surface area (Å²) in [4.78, 5) is 7.65. The average Bonchev–Trinajstić information content (AvgIpc) is 4.27. The van der Waals surface area contributed by atoms with E-state index < -0.39 is 0 Å². The normalized spacial score (nSPS) is 42.6. The van der Waals surface area contributed by atoms with Crippen molar-refractivity contribution in [3.63, 3.8) is 0 Å². The average molecular weight is 1020 g/mol. The first-order chi connectivity index (χ1) is 36.1. The lowest BCUT2D eigenvalue weighted by Crippen LogP contribution is -2.66. The summed E-state index contributed by atoms with van der Waals surface area (Å²) in [5.41, 5.74) is 8.98. The molecule has 18 unspecified atom stereocenters. The maximum Gasteiger partial charge on any atom is 0.0891 e. The number of hydrogen-bond acceptors (Lipinski definition) is 9. The lowest BCUT2D eigenvalue weighted by atomic mass is 9.63. The van der Waals surface area contributed by atoms with Crippen LogP contribution in [-0.4, -0.2) is 62.0 Å². The molecular formula is C64H72N6S3. The first-order valence-corrected chi connectivity index (χ1v) is 31.8. The minimum absolute atomic E-state index is 0.0211. The van der Waals surface area contributed by atoms with Crippen molar-refractivity contribution in [1.82, 2.24) is 25.8 Å². The first-order valence-electron chi connectivity index (χ1n) is 29.2. The quantitative estimate of drug-likeness (QED) is 0.256. The summed E-state index contributed by atoms with van der Waals surface area (Å²) in [6, 6.07) is 11.5. The largest absolute Gasteiger partial charge is 0.362 e. The van der Waals surface area contributed by atoms with E-state index in [-0.39, 0.29) is 30.5 Å². The molecule has 5 fully saturated rings. The Morgan fingerprint density at radius 3 is 2.59 bits per heavy atom. The number of thioether (sulfide) groups is 2. The molecule has 1 aromatic carbocycles. The zero-order valence-electron chi connectivity index (χ0n) is 42.3. The zero-order chi connectivity index (χ0) is 47.9. The van der Waals surface area contributed by atoms with E-state index in [1.165, 1.54) is 107 Å². The van der Waals surface area contributed by atoms with Gasteiger partial charge in [-0.15, -0.1) is 23.1 Å². The number of nitriles is 1. The minimum Gasteiger partial charge on any atom is -0.362 e. The Balaban J connectivity index is 0.837. The van der Waals surface area contributed by atoms with Crippen LogP contribution in [0.25, 0.3) is 22.2 Å². The summed E-state index contributed by atoms with van der Waals surface area (Å²) >= 11 is 6.57. The van der Waals surface area contributed by atoms with E-state index >= 15 is 0 Å². The lowest BCUT2D eigenvalue weighted by Gasteiger charge is -2.49. The van der Waals surface area contributed by atoms with Crippen LogP contribution in [0.3, 0.4) is 0 Å². The molecule has 5 aliphatic heterocycles. The van der Waals surface area contributed by atoms with Crippen molar-refractivity contribution in [1.29, 1.82) is 5.26 Å². The van der Waals surface area contributed by atoms with Gasteiger partial charge in [0.25, 0.3) is 0 Å². The molecule has 376 valence electrons. The van der Waals surface area contributed by atoms with Crippen LogP contribution in [0.15, 0.2) is 124 Å². The second-order valence-corrected chi connectivity index (χ2v) is 28.3. The van der Waals surface area contributed by atoms with Crippen molar-refractivity contribution < 1.29 is 0 Å². The highest BCUT2D eigenvalue weighted by atomic mass is 32.2. The second-order valence-electron chi connectivity index (χ2n) is 24.4. The number of fused-ring (bicyclic) bond motifs is 15. The molecule has 0 spiro atoms. The number of likely N-dealkylation sites (tertiary alicyclic amines) is 1. The van der Waals surface area contributed by atoms with Gasteiger partial charge in [0.05, 0.1) is 42.6 Å². The highest BCUT2D eigenvalue weighted by Crippen LogP contribution is 2.64. The molecule has 2 aromatic rings. The van der Waals surface area contributed by atoms with Gasteiger partial charge in [-0.05, 0) is 171 Å². The van der Waals surface area contributed by atoms with Crippen molar-refractivity contribution in [3.05, 3.63) is 139 Å².